The van der Waals surface area contributed by atoms with Crippen LogP contribution in [-0.4, -0.2) is 32.3 Å². The number of para-hydroxylation sites is 1. The number of aryl methyl sites for hydroxylation is 1. The fourth-order valence-electron chi connectivity index (χ4n) is 5.29. The van der Waals surface area contributed by atoms with Gasteiger partial charge in [0.15, 0.2) is 0 Å². The molecule has 8 heteroatoms. The number of likely N-dealkylation sites (tertiary alicyclic amines) is 1. The summed E-state index contributed by atoms with van der Waals surface area (Å²) in [7, 11) is -4.01. The van der Waals surface area contributed by atoms with E-state index < -0.39 is 10.0 Å². The second kappa shape index (κ2) is 13.6. The molecule has 1 N–H and O–H groups in total. The van der Waals surface area contributed by atoms with Crippen LogP contribution in [-0.2, 0) is 29.7 Å². The first kappa shape index (κ1) is 29.8. The number of anilines is 1. The highest BCUT2D eigenvalue weighted by Gasteiger charge is 2.28. The van der Waals surface area contributed by atoms with Gasteiger partial charge in [0.1, 0.15) is 0 Å². The number of halogens is 1. The lowest BCUT2D eigenvalue weighted by Crippen LogP contribution is -2.33. The summed E-state index contributed by atoms with van der Waals surface area (Å²) in [6.45, 7) is 5.33. The smallest absolute Gasteiger partial charge is 0.264 e. The Balaban J connectivity index is 1.43. The zero-order valence-electron chi connectivity index (χ0n) is 23.8. The zero-order valence-corrected chi connectivity index (χ0v) is 25.4. The number of carbonyl (C=O) groups is 1. The first-order valence-corrected chi connectivity index (χ1v) is 16.1. The standard InChI is InChI=1S/C34H36ClN3O3S/c1-26-13-19-31(20-14-26)42(40,41)38(24-27-15-17-30(35)18-16-27)33-12-6-5-11-32(33)34(39)36-23-28-9-3-4-10-29(28)25-37-21-7-2-8-22-37/h3-6,9-20H,2,7-8,21-25H2,1H3,(H,36,39). The van der Waals surface area contributed by atoms with Gasteiger partial charge in [0, 0.05) is 18.1 Å². The van der Waals surface area contributed by atoms with Crippen LogP contribution in [0.5, 0.6) is 0 Å². The third-order valence-corrected chi connectivity index (χ3v) is 9.69. The summed E-state index contributed by atoms with van der Waals surface area (Å²) >= 11 is 6.10. The molecule has 5 rings (SSSR count). The van der Waals surface area contributed by atoms with Gasteiger partial charge in [0.25, 0.3) is 15.9 Å². The molecule has 1 heterocycles. The Morgan fingerprint density at radius 3 is 2.19 bits per heavy atom. The predicted molar refractivity (Wildman–Crippen MR) is 169 cm³/mol. The maximum Gasteiger partial charge on any atom is 0.264 e. The Morgan fingerprint density at radius 2 is 1.48 bits per heavy atom. The van der Waals surface area contributed by atoms with E-state index in [1.807, 2.05) is 25.1 Å². The van der Waals surface area contributed by atoms with Crippen molar-refractivity contribution in [2.24, 2.45) is 0 Å². The summed E-state index contributed by atoms with van der Waals surface area (Å²) in [5, 5.41) is 3.62. The van der Waals surface area contributed by atoms with Crippen molar-refractivity contribution in [1.29, 1.82) is 0 Å². The third kappa shape index (κ3) is 7.21. The number of nitrogens with one attached hydrogen (secondary N) is 1. The van der Waals surface area contributed by atoms with Crippen molar-refractivity contribution in [3.8, 4) is 0 Å². The molecule has 1 fully saturated rings. The van der Waals surface area contributed by atoms with E-state index in [9.17, 15) is 13.2 Å². The van der Waals surface area contributed by atoms with E-state index in [1.54, 1.807) is 72.8 Å². The molecular weight excluding hydrogens is 566 g/mol. The van der Waals surface area contributed by atoms with Gasteiger partial charge < -0.3 is 5.32 Å². The number of hydrogen-bond donors (Lipinski definition) is 1. The molecule has 4 aromatic rings. The van der Waals surface area contributed by atoms with E-state index in [0.717, 1.165) is 36.3 Å². The van der Waals surface area contributed by atoms with Crippen LogP contribution in [0, 0.1) is 6.92 Å². The molecule has 0 bridgehead atoms. The molecule has 42 heavy (non-hydrogen) atoms. The summed E-state index contributed by atoms with van der Waals surface area (Å²) in [5.41, 5.74) is 4.55. The number of hydrogen-bond acceptors (Lipinski definition) is 4. The Morgan fingerprint density at radius 1 is 0.833 bits per heavy atom. The molecule has 0 unspecified atom stereocenters. The van der Waals surface area contributed by atoms with Gasteiger partial charge in [-0.05, 0) is 85.9 Å². The number of sulfonamides is 1. The minimum Gasteiger partial charge on any atom is -0.348 e. The van der Waals surface area contributed by atoms with E-state index in [4.69, 9.17) is 11.6 Å². The average molecular weight is 602 g/mol. The summed E-state index contributed by atoms with van der Waals surface area (Å²) in [5.74, 6) is -0.335. The van der Waals surface area contributed by atoms with Gasteiger partial charge in [-0.15, -0.1) is 0 Å². The molecular formula is C34H36ClN3O3S. The largest absolute Gasteiger partial charge is 0.348 e. The molecule has 0 radical (unpaired) electrons. The van der Waals surface area contributed by atoms with Gasteiger partial charge in [-0.25, -0.2) is 8.42 Å². The van der Waals surface area contributed by atoms with Crippen molar-refractivity contribution < 1.29 is 13.2 Å². The van der Waals surface area contributed by atoms with Crippen LogP contribution in [0.1, 0.15) is 51.9 Å². The Kier molecular flexibility index (Phi) is 9.62. The van der Waals surface area contributed by atoms with Crippen LogP contribution in [0.15, 0.2) is 102 Å². The Labute approximate surface area is 254 Å². The van der Waals surface area contributed by atoms with Crippen LogP contribution in [0.3, 0.4) is 0 Å². The summed E-state index contributed by atoms with van der Waals surface area (Å²) in [6.07, 6.45) is 3.71. The topological polar surface area (TPSA) is 69.7 Å². The minimum absolute atomic E-state index is 0.0380. The highest BCUT2D eigenvalue weighted by molar-refractivity contribution is 7.92. The summed E-state index contributed by atoms with van der Waals surface area (Å²) < 4.78 is 29.4. The quantitative estimate of drug-likeness (QED) is 0.213. The van der Waals surface area contributed by atoms with Crippen LogP contribution in [0.25, 0.3) is 0 Å². The summed E-state index contributed by atoms with van der Waals surface area (Å²) in [4.78, 5) is 16.3. The van der Waals surface area contributed by atoms with Crippen molar-refractivity contribution in [3.63, 3.8) is 0 Å². The third-order valence-electron chi connectivity index (χ3n) is 7.67. The van der Waals surface area contributed by atoms with Crippen LogP contribution in [0.2, 0.25) is 5.02 Å². The first-order chi connectivity index (χ1) is 20.3. The predicted octanol–water partition coefficient (Wildman–Crippen LogP) is 6.96. The number of benzene rings is 4. The molecule has 0 atom stereocenters. The molecule has 0 saturated carbocycles. The van der Waals surface area contributed by atoms with Crippen molar-refractivity contribution >= 4 is 33.2 Å². The molecule has 4 aromatic carbocycles. The number of amides is 1. The second-order valence-electron chi connectivity index (χ2n) is 10.8. The maximum atomic E-state index is 14.1. The van der Waals surface area contributed by atoms with E-state index in [1.165, 1.54) is 29.1 Å². The maximum absolute atomic E-state index is 14.1. The SMILES string of the molecule is Cc1ccc(S(=O)(=O)N(Cc2ccc(Cl)cc2)c2ccccc2C(=O)NCc2ccccc2CN2CCCCC2)cc1. The highest BCUT2D eigenvalue weighted by atomic mass is 35.5. The van der Waals surface area contributed by atoms with E-state index in [2.05, 4.69) is 16.3 Å². The Hall–Kier alpha value is -3.65. The molecule has 1 saturated heterocycles. The number of nitrogens with zero attached hydrogens (tertiary/aromatic N) is 2. The lowest BCUT2D eigenvalue weighted by atomic mass is 10.0. The molecule has 6 nitrogen and oxygen atoms in total. The average Bonchev–Trinajstić information content (AvgIpc) is 3.01. The number of piperidine rings is 1. The van der Waals surface area contributed by atoms with Crippen molar-refractivity contribution in [1.82, 2.24) is 10.2 Å². The molecule has 1 aliphatic heterocycles. The van der Waals surface area contributed by atoms with Crippen molar-refractivity contribution in [3.05, 3.63) is 130 Å². The van der Waals surface area contributed by atoms with Gasteiger partial charge in [-0.1, -0.05) is 84.2 Å². The highest BCUT2D eigenvalue weighted by Crippen LogP contribution is 2.30. The number of carbonyl (C=O) groups excluding carboxylic acids is 1. The van der Waals surface area contributed by atoms with E-state index >= 15 is 0 Å². The Bertz CT molecular complexity index is 1620. The molecule has 1 amide bonds. The fraction of sp³-hybridized carbons (Fsp3) is 0.265. The second-order valence-corrected chi connectivity index (χ2v) is 13.1. The number of rotatable bonds is 10. The lowest BCUT2D eigenvalue weighted by molar-refractivity contribution is 0.0951. The van der Waals surface area contributed by atoms with Crippen LogP contribution < -0.4 is 9.62 Å². The van der Waals surface area contributed by atoms with Gasteiger partial charge in [-0.2, -0.15) is 0 Å². The van der Waals surface area contributed by atoms with Gasteiger partial charge in [0.2, 0.25) is 0 Å². The minimum atomic E-state index is -4.01. The molecule has 0 aliphatic carbocycles. The summed E-state index contributed by atoms with van der Waals surface area (Å²) in [6, 6.07) is 28.8. The fourth-order valence-corrected chi connectivity index (χ4v) is 6.89. The van der Waals surface area contributed by atoms with E-state index in [-0.39, 0.29) is 22.9 Å². The van der Waals surface area contributed by atoms with Gasteiger partial charge in [-0.3, -0.25) is 14.0 Å². The molecule has 0 aromatic heterocycles. The molecule has 1 aliphatic rings. The molecule has 0 spiro atoms. The molecule has 218 valence electrons. The first-order valence-electron chi connectivity index (χ1n) is 14.3. The van der Waals surface area contributed by atoms with Gasteiger partial charge in [0.05, 0.1) is 22.7 Å². The van der Waals surface area contributed by atoms with Crippen LogP contribution in [0.4, 0.5) is 5.69 Å². The van der Waals surface area contributed by atoms with Crippen molar-refractivity contribution in [2.45, 2.75) is 50.7 Å². The monoisotopic (exact) mass is 601 g/mol. The zero-order chi connectivity index (χ0) is 29.5. The van der Waals surface area contributed by atoms with Crippen LogP contribution >= 0.6 is 11.6 Å². The van der Waals surface area contributed by atoms with Crippen molar-refractivity contribution in [2.75, 3.05) is 17.4 Å². The van der Waals surface area contributed by atoms with E-state index in [0.29, 0.717) is 17.3 Å². The van der Waals surface area contributed by atoms with Gasteiger partial charge >= 0.3 is 0 Å². The lowest BCUT2D eigenvalue weighted by Gasteiger charge is -2.27. The normalized spacial score (nSPS) is 14.0.